The van der Waals surface area contributed by atoms with Crippen LogP contribution in [-0.4, -0.2) is 0 Å². The Morgan fingerprint density at radius 2 is 2.00 bits per heavy atom. The maximum absolute atomic E-state index is 6.12. The molecule has 2 heterocycles. The van der Waals surface area contributed by atoms with Gasteiger partial charge in [-0.2, -0.15) is 11.3 Å². The van der Waals surface area contributed by atoms with Crippen LogP contribution in [0.4, 0.5) is 0 Å². The molecule has 2 rings (SSSR count). The van der Waals surface area contributed by atoms with Crippen LogP contribution in [0.1, 0.15) is 21.5 Å². The van der Waals surface area contributed by atoms with Gasteiger partial charge in [0.05, 0.1) is 13.5 Å². The molecule has 0 N–H and O–H groups in total. The lowest BCUT2D eigenvalue weighted by molar-refractivity contribution is 1.18. The van der Waals surface area contributed by atoms with Crippen molar-refractivity contribution in [3.8, 4) is 0 Å². The maximum Gasteiger partial charge on any atom is 0.0990 e. The van der Waals surface area contributed by atoms with Crippen molar-refractivity contribution in [3.05, 3.63) is 42.2 Å². The van der Waals surface area contributed by atoms with Gasteiger partial charge in [0.25, 0.3) is 0 Å². The van der Waals surface area contributed by atoms with Crippen molar-refractivity contribution >= 4 is 61.8 Å². The van der Waals surface area contributed by atoms with Gasteiger partial charge in [-0.15, -0.1) is 11.3 Å². The summed E-state index contributed by atoms with van der Waals surface area (Å²) in [4.78, 5) is 0.139. The van der Waals surface area contributed by atoms with E-state index in [1.54, 1.807) is 11.3 Å². The third kappa shape index (κ3) is 2.42. The van der Waals surface area contributed by atoms with Crippen LogP contribution < -0.4 is 0 Å². The molecule has 0 radical (unpaired) electrons. The summed E-state index contributed by atoms with van der Waals surface area (Å²) < 4.78 is 1.49. The molecule has 0 aliphatic rings. The summed E-state index contributed by atoms with van der Waals surface area (Å²) in [7, 11) is 0. The van der Waals surface area contributed by atoms with Crippen molar-refractivity contribution in [2.75, 3.05) is 0 Å². The zero-order valence-corrected chi connectivity index (χ0v) is 12.5. The number of aryl methyl sites for hydroxylation is 1. The lowest BCUT2D eigenvalue weighted by Crippen LogP contribution is -1.90. The fourth-order valence-corrected chi connectivity index (χ4v) is 5.04. The number of halogens is 3. The summed E-state index contributed by atoms with van der Waals surface area (Å²) in [5, 5.41) is 4.27. The molecule has 0 aliphatic carbocycles. The van der Waals surface area contributed by atoms with Gasteiger partial charge in [-0.3, -0.25) is 0 Å². The fourth-order valence-electron chi connectivity index (χ4n) is 1.32. The molecule has 1 atom stereocenters. The summed E-state index contributed by atoms with van der Waals surface area (Å²) in [6, 6.07) is 1.92. The molecule has 15 heavy (non-hydrogen) atoms. The molecule has 80 valence electrons. The first-order valence-electron chi connectivity index (χ1n) is 4.21. The van der Waals surface area contributed by atoms with E-state index in [2.05, 4.69) is 33.6 Å². The first-order valence-corrected chi connectivity index (χ1v) is 7.64. The average molecular weight is 342 g/mol. The summed E-state index contributed by atoms with van der Waals surface area (Å²) in [6.45, 7) is 2.10. The Labute approximate surface area is 115 Å². The second-order valence-electron chi connectivity index (χ2n) is 3.15. The zero-order valence-electron chi connectivity index (χ0n) is 7.76. The largest absolute Gasteiger partial charge is 0.152 e. The van der Waals surface area contributed by atoms with E-state index in [9.17, 15) is 0 Å². The van der Waals surface area contributed by atoms with E-state index in [-0.39, 0.29) is 4.83 Å². The summed E-state index contributed by atoms with van der Waals surface area (Å²) in [5.74, 6) is 0. The lowest BCUT2D eigenvalue weighted by atomic mass is 10.1. The maximum atomic E-state index is 6.12. The minimum absolute atomic E-state index is 0.139. The van der Waals surface area contributed by atoms with Gasteiger partial charge in [0.2, 0.25) is 0 Å². The Morgan fingerprint density at radius 3 is 2.47 bits per heavy atom. The highest BCUT2D eigenvalue weighted by atomic mass is 79.9. The van der Waals surface area contributed by atoms with Crippen LogP contribution in [-0.2, 0) is 0 Å². The van der Waals surface area contributed by atoms with Crippen LogP contribution in [0.15, 0.2) is 16.8 Å². The molecule has 0 aromatic carbocycles. The molecule has 0 amide bonds. The van der Waals surface area contributed by atoms with Crippen LogP contribution in [0, 0.1) is 6.92 Å². The van der Waals surface area contributed by atoms with Gasteiger partial charge in [-0.05, 0) is 34.9 Å². The Hall–Kier alpha value is 0.460. The minimum Gasteiger partial charge on any atom is -0.152 e. The number of rotatable bonds is 2. The molecule has 0 saturated carbocycles. The highest BCUT2D eigenvalue weighted by Gasteiger charge is 2.18. The van der Waals surface area contributed by atoms with Crippen molar-refractivity contribution < 1.29 is 0 Å². The zero-order chi connectivity index (χ0) is 11.0. The van der Waals surface area contributed by atoms with Gasteiger partial charge in [0, 0.05) is 5.56 Å². The second-order valence-corrected chi connectivity index (χ2v) is 7.10. The number of thiophene rings is 2. The van der Waals surface area contributed by atoms with Gasteiger partial charge < -0.3 is 0 Å². The normalized spacial score (nSPS) is 13.1. The van der Waals surface area contributed by atoms with Crippen molar-refractivity contribution in [2.45, 2.75) is 11.8 Å². The lowest BCUT2D eigenvalue weighted by Gasteiger charge is -2.08. The molecule has 5 heteroatoms. The van der Waals surface area contributed by atoms with E-state index in [0.29, 0.717) is 0 Å². The van der Waals surface area contributed by atoms with Crippen LogP contribution in [0.25, 0.3) is 0 Å². The standard InChI is InChI=1S/C10H7BrCl2S2/c1-5-3-14-4-7(5)9(11)6-2-8(12)15-10(6)13/h2-4,9H,1H3. The first-order chi connectivity index (χ1) is 7.09. The molecule has 0 aliphatic heterocycles. The number of alkyl halides is 1. The summed E-state index contributed by atoms with van der Waals surface area (Å²) in [6.07, 6.45) is 0. The molecule has 0 bridgehead atoms. The molecule has 2 aromatic rings. The Balaban J connectivity index is 2.40. The van der Waals surface area contributed by atoms with Crippen molar-refractivity contribution in [2.24, 2.45) is 0 Å². The first kappa shape index (κ1) is 11.9. The molecule has 0 nitrogen and oxygen atoms in total. The van der Waals surface area contributed by atoms with E-state index >= 15 is 0 Å². The highest BCUT2D eigenvalue weighted by Crippen LogP contribution is 2.42. The monoisotopic (exact) mass is 340 g/mol. The van der Waals surface area contributed by atoms with Crippen molar-refractivity contribution in [1.29, 1.82) is 0 Å². The number of hydrogen-bond acceptors (Lipinski definition) is 2. The van der Waals surface area contributed by atoms with Crippen LogP contribution >= 0.6 is 61.8 Å². The topological polar surface area (TPSA) is 0 Å². The van der Waals surface area contributed by atoms with E-state index in [0.717, 1.165) is 14.2 Å². The summed E-state index contributed by atoms with van der Waals surface area (Å²) in [5.41, 5.74) is 3.59. The average Bonchev–Trinajstić information content (AvgIpc) is 2.71. The number of hydrogen-bond donors (Lipinski definition) is 0. The van der Waals surface area contributed by atoms with Gasteiger partial charge in [-0.1, -0.05) is 39.1 Å². The smallest absolute Gasteiger partial charge is 0.0990 e. The van der Waals surface area contributed by atoms with E-state index in [1.807, 2.05) is 6.07 Å². The Morgan fingerprint density at radius 1 is 1.27 bits per heavy atom. The molecule has 1 unspecified atom stereocenters. The van der Waals surface area contributed by atoms with Crippen LogP contribution in [0.3, 0.4) is 0 Å². The van der Waals surface area contributed by atoms with Gasteiger partial charge >= 0.3 is 0 Å². The van der Waals surface area contributed by atoms with Crippen molar-refractivity contribution in [1.82, 2.24) is 0 Å². The molecular weight excluding hydrogens is 335 g/mol. The van der Waals surface area contributed by atoms with Gasteiger partial charge in [-0.25, -0.2) is 0 Å². The SMILES string of the molecule is Cc1cscc1C(Br)c1cc(Cl)sc1Cl. The minimum atomic E-state index is 0.139. The predicted molar refractivity (Wildman–Crippen MR) is 74.2 cm³/mol. The summed E-state index contributed by atoms with van der Waals surface area (Å²) >= 11 is 18.8. The molecule has 0 spiro atoms. The van der Waals surface area contributed by atoms with E-state index in [4.69, 9.17) is 23.2 Å². The third-order valence-electron chi connectivity index (χ3n) is 2.12. The molecule has 0 saturated heterocycles. The van der Waals surface area contributed by atoms with E-state index < -0.39 is 0 Å². The molecule has 0 fully saturated rings. The van der Waals surface area contributed by atoms with Gasteiger partial charge in [0.1, 0.15) is 0 Å². The third-order valence-corrected chi connectivity index (χ3v) is 5.51. The molecular formula is C10H7BrCl2S2. The quantitative estimate of drug-likeness (QED) is 0.595. The predicted octanol–water partition coefficient (Wildman–Crippen LogP) is 5.91. The second kappa shape index (κ2) is 4.76. The van der Waals surface area contributed by atoms with Gasteiger partial charge in [0.15, 0.2) is 0 Å². The van der Waals surface area contributed by atoms with Crippen molar-refractivity contribution in [3.63, 3.8) is 0 Å². The Kier molecular flexibility index (Phi) is 3.79. The van der Waals surface area contributed by atoms with E-state index in [1.165, 1.54) is 22.5 Å². The van der Waals surface area contributed by atoms with Crippen LogP contribution in [0.2, 0.25) is 8.67 Å². The molecule has 2 aromatic heterocycles. The van der Waals surface area contributed by atoms with Crippen LogP contribution in [0.5, 0.6) is 0 Å². The Bertz CT molecular complexity index is 475. The fraction of sp³-hybridized carbons (Fsp3) is 0.200. The highest BCUT2D eigenvalue weighted by molar-refractivity contribution is 9.09.